The minimum Gasteiger partial charge on any atom is -0.323 e. The van der Waals surface area contributed by atoms with Crippen molar-refractivity contribution >= 4 is 55.6 Å². The highest BCUT2D eigenvalue weighted by molar-refractivity contribution is 9.08. The van der Waals surface area contributed by atoms with E-state index in [0.29, 0.717) is 28.0 Å². The molecular weight excluding hydrogens is 406 g/mol. The van der Waals surface area contributed by atoms with E-state index in [9.17, 15) is 14.9 Å². The SMILES string of the molecule is N#Cc1cccc(N2C(=O)CC(=O)Nc3c2ccc2ccc(CBr)cc32)c1. The number of carbonyl (C=O) groups excluding carboxylic acids is 2. The summed E-state index contributed by atoms with van der Waals surface area (Å²) >= 11 is 3.46. The van der Waals surface area contributed by atoms with Crippen LogP contribution in [0.5, 0.6) is 0 Å². The van der Waals surface area contributed by atoms with Crippen molar-refractivity contribution in [3.05, 3.63) is 65.7 Å². The van der Waals surface area contributed by atoms with E-state index in [4.69, 9.17) is 0 Å². The number of fused-ring (bicyclic) bond motifs is 3. The molecule has 1 aliphatic heterocycles. The lowest BCUT2D eigenvalue weighted by molar-refractivity contribution is -0.124. The molecule has 5 nitrogen and oxygen atoms in total. The van der Waals surface area contributed by atoms with Crippen molar-refractivity contribution in [3.8, 4) is 6.07 Å². The van der Waals surface area contributed by atoms with E-state index in [1.165, 1.54) is 4.90 Å². The van der Waals surface area contributed by atoms with E-state index in [1.54, 1.807) is 24.3 Å². The van der Waals surface area contributed by atoms with Crippen LogP contribution in [0.1, 0.15) is 17.5 Å². The molecule has 0 radical (unpaired) electrons. The molecule has 0 aromatic heterocycles. The lowest BCUT2D eigenvalue weighted by atomic mass is 10.0. The van der Waals surface area contributed by atoms with Crippen molar-refractivity contribution in [1.82, 2.24) is 0 Å². The fourth-order valence-electron chi connectivity index (χ4n) is 3.29. The predicted octanol–water partition coefficient (Wildman–Crippen LogP) is 4.61. The Morgan fingerprint density at radius 2 is 1.93 bits per heavy atom. The van der Waals surface area contributed by atoms with Crippen LogP contribution in [-0.4, -0.2) is 11.8 Å². The second-order valence-electron chi connectivity index (χ2n) is 6.27. The number of nitrogens with zero attached hydrogens (tertiary/aromatic N) is 2. The summed E-state index contributed by atoms with van der Waals surface area (Å²) in [6.45, 7) is 0. The molecule has 3 aromatic carbocycles. The van der Waals surface area contributed by atoms with Gasteiger partial charge in [0.15, 0.2) is 0 Å². The average Bonchev–Trinajstić information content (AvgIpc) is 2.82. The zero-order valence-electron chi connectivity index (χ0n) is 14.2. The van der Waals surface area contributed by atoms with Crippen LogP contribution in [0.3, 0.4) is 0 Å². The van der Waals surface area contributed by atoms with Crippen LogP contribution in [0.15, 0.2) is 54.6 Å². The third-order valence-electron chi connectivity index (χ3n) is 4.52. The van der Waals surface area contributed by atoms with Crippen LogP contribution in [0.4, 0.5) is 17.1 Å². The molecule has 4 rings (SSSR count). The zero-order valence-corrected chi connectivity index (χ0v) is 15.8. The van der Waals surface area contributed by atoms with E-state index in [1.807, 2.05) is 30.3 Å². The van der Waals surface area contributed by atoms with Gasteiger partial charge >= 0.3 is 0 Å². The average molecular weight is 420 g/mol. The molecule has 6 heteroatoms. The maximum atomic E-state index is 12.8. The summed E-state index contributed by atoms with van der Waals surface area (Å²) in [6, 6.07) is 18.7. The molecule has 0 aliphatic carbocycles. The number of amides is 2. The Labute approximate surface area is 164 Å². The summed E-state index contributed by atoms with van der Waals surface area (Å²) in [5.74, 6) is -0.686. The van der Waals surface area contributed by atoms with Crippen molar-refractivity contribution in [2.45, 2.75) is 11.8 Å². The van der Waals surface area contributed by atoms with E-state index < -0.39 is 0 Å². The lowest BCUT2D eigenvalue weighted by Gasteiger charge is -2.23. The number of nitriles is 1. The Morgan fingerprint density at radius 3 is 2.70 bits per heavy atom. The summed E-state index contributed by atoms with van der Waals surface area (Å²) in [7, 11) is 0. The van der Waals surface area contributed by atoms with E-state index >= 15 is 0 Å². The molecule has 0 saturated carbocycles. The van der Waals surface area contributed by atoms with Gasteiger partial charge in [-0.3, -0.25) is 14.5 Å². The minimum absolute atomic E-state index is 0.259. The van der Waals surface area contributed by atoms with Gasteiger partial charge in [-0.15, -0.1) is 0 Å². The van der Waals surface area contributed by atoms with Gasteiger partial charge in [0.05, 0.1) is 28.7 Å². The Hall–Kier alpha value is -3.17. The molecule has 0 atom stereocenters. The number of carbonyl (C=O) groups is 2. The van der Waals surface area contributed by atoms with Crippen LogP contribution < -0.4 is 10.2 Å². The Bertz CT molecular complexity index is 1130. The van der Waals surface area contributed by atoms with Crippen LogP contribution >= 0.6 is 15.9 Å². The third kappa shape index (κ3) is 3.07. The van der Waals surface area contributed by atoms with Crippen LogP contribution in [0.25, 0.3) is 10.8 Å². The van der Waals surface area contributed by atoms with Crippen LogP contribution in [-0.2, 0) is 14.9 Å². The van der Waals surface area contributed by atoms with Crippen molar-refractivity contribution in [2.24, 2.45) is 0 Å². The normalized spacial score (nSPS) is 13.7. The van der Waals surface area contributed by atoms with E-state index in [2.05, 4.69) is 27.3 Å². The van der Waals surface area contributed by atoms with Gasteiger partial charge in [-0.25, -0.2) is 0 Å². The highest BCUT2D eigenvalue weighted by Crippen LogP contribution is 2.40. The number of nitrogens with one attached hydrogen (secondary N) is 1. The van der Waals surface area contributed by atoms with Crippen molar-refractivity contribution in [1.29, 1.82) is 5.26 Å². The number of anilines is 3. The number of benzene rings is 3. The number of hydrogen-bond acceptors (Lipinski definition) is 3. The third-order valence-corrected chi connectivity index (χ3v) is 5.17. The number of halogens is 1. The summed E-state index contributed by atoms with van der Waals surface area (Å²) < 4.78 is 0. The number of alkyl halides is 1. The van der Waals surface area contributed by atoms with Gasteiger partial charge in [-0.05, 0) is 41.3 Å². The molecule has 0 bridgehead atoms. The van der Waals surface area contributed by atoms with Gasteiger partial charge < -0.3 is 5.32 Å². The molecule has 0 spiro atoms. The molecule has 132 valence electrons. The molecule has 1 aliphatic rings. The summed E-state index contributed by atoms with van der Waals surface area (Å²) in [4.78, 5) is 26.7. The highest BCUT2D eigenvalue weighted by Gasteiger charge is 2.28. The maximum Gasteiger partial charge on any atom is 0.241 e. The molecule has 27 heavy (non-hydrogen) atoms. The Balaban J connectivity index is 1.99. The first-order valence-corrected chi connectivity index (χ1v) is 9.47. The fourth-order valence-corrected chi connectivity index (χ4v) is 3.64. The van der Waals surface area contributed by atoms with E-state index in [-0.39, 0.29) is 18.2 Å². The summed E-state index contributed by atoms with van der Waals surface area (Å²) in [5.41, 5.74) is 3.29. The zero-order chi connectivity index (χ0) is 19.0. The predicted molar refractivity (Wildman–Crippen MR) is 108 cm³/mol. The highest BCUT2D eigenvalue weighted by atomic mass is 79.9. The molecule has 0 fully saturated rings. The molecule has 1 heterocycles. The van der Waals surface area contributed by atoms with Crippen molar-refractivity contribution in [2.75, 3.05) is 10.2 Å². The van der Waals surface area contributed by atoms with Gasteiger partial charge in [0.2, 0.25) is 11.8 Å². The molecule has 3 aromatic rings. The van der Waals surface area contributed by atoms with Crippen molar-refractivity contribution < 1.29 is 9.59 Å². The van der Waals surface area contributed by atoms with Gasteiger partial charge in [-0.2, -0.15) is 5.26 Å². The summed E-state index contributed by atoms with van der Waals surface area (Å²) in [5, 5.41) is 14.6. The monoisotopic (exact) mass is 419 g/mol. The molecule has 0 saturated heterocycles. The first-order chi connectivity index (χ1) is 13.1. The molecule has 1 N–H and O–H groups in total. The Kier molecular flexibility index (Phi) is 4.38. The maximum absolute atomic E-state index is 12.8. The largest absolute Gasteiger partial charge is 0.323 e. The first kappa shape index (κ1) is 17.3. The topological polar surface area (TPSA) is 73.2 Å². The first-order valence-electron chi connectivity index (χ1n) is 8.35. The van der Waals surface area contributed by atoms with Crippen LogP contribution in [0, 0.1) is 11.3 Å². The van der Waals surface area contributed by atoms with E-state index in [0.717, 1.165) is 16.3 Å². The molecule has 0 unspecified atom stereocenters. The second kappa shape index (κ2) is 6.86. The standard InChI is InChI=1S/C21H14BrN3O2/c22-11-13-4-5-15-6-7-18-21(17(15)9-13)24-19(26)10-20(27)25(18)16-3-1-2-14(8-16)12-23/h1-9H,10-11H2,(H,24,26). The van der Waals surface area contributed by atoms with Gasteiger partial charge in [0.1, 0.15) is 6.42 Å². The van der Waals surface area contributed by atoms with Gasteiger partial charge in [-0.1, -0.05) is 40.2 Å². The molecule has 2 amide bonds. The van der Waals surface area contributed by atoms with Crippen LogP contribution in [0.2, 0.25) is 0 Å². The minimum atomic E-state index is -0.350. The molecular formula is C21H14BrN3O2. The van der Waals surface area contributed by atoms with Gasteiger partial charge in [0.25, 0.3) is 0 Å². The van der Waals surface area contributed by atoms with Crippen molar-refractivity contribution in [3.63, 3.8) is 0 Å². The number of rotatable bonds is 2. The second-order valence-corrected chi connectivity index (χ2v) is 6.83. The smallest absolute Gasteiger partial charge is 0.241 e. The lowest BCUT2D eigenvalue weighted by Crippen LogP contribution is -2.26. The number of hydrogen-bond donors (Lipinski definition) is 1. The Morgan fingerprint density at radius 1 is 1.11 bits per heavy atom. The fraction of sp³-hybridized carbons (Fsp3) is 0.0952. The quantitative estimate of drug-likeness (QED) is 0.486. The van der Waals surface area contributed by atoms with Gasteiger partial charge in [0, 0.05) is 10.7 Å². The summed E-state index contributed by atoms with van der Waals surface area (Å²) in [6.07, 6.45) is -0.259.